The molecule has 1 aromatic heterocycles. The Morgan fingerprint density at radius 3 is 2.23 bits per heavy atom. The fourth-order valence-corrected chi connectivity index (χ4v) is 5.10. The van der Waals surface area contributed by atoms with Gasteiger partial charge in [-0.2, -0.15) is 5.10 Å². The Hall–Kier alpha value is -1.65. The van der Waals surface area contributed by atoms with Crippen LogP contribution in [0.2, 0.25) is 0 Å². The lowest BCUT2D eigenvalue weighted by molar-refractivity contribution is 0.212. The first-order valence-corrected chi connectivity index (χ1v) is 10.0. The van der Waals surface area contributed by atoms with E-state index in [2.05, 4.69) is 77.3 Å². The third-order valence-electron chi connectivity index (χ3n) is 6.63. The molecular formula is C22H32N4. The van der Waals surface area contributed by atoms with Gasteiger partial charge in [0.1, 0.15) is 0 Å². The zero-order valence-electron chi connectivity index (χ0n) is 16.4. The fraction of sp³-hybridized carbons (Fsp3) is 0.591. The first-order valence-electron chi connectivity index (χ1n) is 10.0. The van der Waals surface area contributed by atoms with Crippen LogP contribution < -0.4 is 0 Å². The minimum atomic E-state index is 0.741. The van der Waals surface area contributed by atoms with E-state index in [1.165, 1.54) is 36.8 Å². The van der Waals surface area contributed by atoms with Gasteiger partial charge in [0.05, 0.1) is 12.7 Å². The molecule has 0 spiro atoms. The second-order valence-electron chi connectivity index (χ2n) is 8.68. The van der Waals surface area contributed by atoms with Crippen LogP contribution in [0, 0.1) is 11.8 Å². The molecule has 4 heteroatoms. The lowest BCUT2D eigenvalue weighted by atomic mass is 10.0. The summed E-state index contributed by atoms with van der Waals surface area (Å²) in [6.45, 7) is 1.86. The van der Waals surface area contributed by atoms with Crippen LogP contribution in [-0.4, -0.2) is 52.8 Å². The first kappa shape index (κ1) is 17.7. The van der Waals surface area contributed by atoms with Gasteiger partial charge in [0.15, 0.2) is 0 Å². The summed E-state index contributed by atoms with van der Waals surface area (Å²) in [6, 6.07) is 12.1. The molecule has 1 aromatic carbocycles. The molecule has 26 heavy (non-hydrogen) atoms. The summed E-state index contributed by atoms with van der Waals surface area (Å²) in [5.74, 6) is 1.88. The van der Waals surface area contributed by atoms with Crippen molar-refractivity contribution in [2.24, 2.45) is 11.8 Å². The summed E-state index contributed by atoms with van der Waals surface area (Å²) in [7, 11) is 6.77. The summed E-state index contributed by atoms with van der Waals surface area (Å²) in [6.07, 6.45) is 9.81. The van der Waals surface area contributed by atoms with Crippen LogP contribution in [-0.2, 0) is 13.1 Å². The van der Waals surface area contributed by atoms with Gasteiger partial charge in [-0.15, -0.1) is 0 Å². The van der Waals surface area contributed by atoms with Crippen molar-refractivity contribution in [2.45, 2.75) is 50.9 Å². The highest BCUT2D eigenvalue weighted by Crippen LogP contribution is 2.46. The summed E-state index contributed by atoms with van der Waals surface area (Å²) in [5.41, 5.74) is 2.63. The number of fused-ring (bicyclic) bond motifs is 1. The zero-order chi connectivity index (χ0) is 18.1. The number of rotatable bonds is 6. The molecule has 2 saturated carbocycles. The Balaban J connectivity index is 1.30. The Labute approximate surface area is 157 Å². The second-order valence-corrected chi connectivity index (χ2v) is 8.68. The fourth-order valence-electron chi connectivity index (χ4n) is 5.10. The standard InChI is InChI=1S/C22H32N4/c1-24(2)21-9-19-11-22(12-20(19)10-21)25(3)14-18-13-23-26(16-18)15-17-7-5-4-6-8-17/h4-8,13,16,19-22H,9-12,14-15H2,1-3H3/t19-,20+,21?,22?. The summed E-state index contributed by atoms with van der Waals surface area (Å²) in [4.78, 5) is 4.99. The average molecular weight is 353 g/mol. The molecule has 0 amide bonds. The van der Waals surface area contributed by atoms with Gasteiger partial charge >= 0.3 is 0 Å². The smallest absolute Gasteiger partial charge is 0.0659 e. The van der Waals surface area contributed by atoms with Crippen molar-refractivity contribution in [3.8, 4) is 0 Å². The molecule has 0 N–H and O–H groups in total. The number of hydrogen-bond acceptors (Lipinski definition) is 3. The maximum atomic E-state index is 4.56. The topological polar surface area (TPSA) is 24.3 Å². The minimum Gasteiger partial charge on any atom is -0.306 e. The van der Waals surface area contributed by atoms with E-state index in [1.807, 2.05) is 6.20 Å². The van der Waals surface area contributed by atoms with E-state index < -0.39 is 0 Å². The van der Waals surface area contributed by atoms with Crippen LogP contribution in [0.5, 0.6) is 0 Å². The third kappa shape index (κ3) is 3.86. The van der Waals surface area contributed by atoms with Crippen molar-refractivity contribution in [1.82, 2.24) is 19.6 Å². The van der Waals surface area contributed by atoms with Gasteiger partial charge in [0, 0.05) is 30.4 Å². The van der Waals surface area contributed by atoms with Crippen LogP contribution >= 0.6 is 0 Å². The maximum Gasteiger partial charge on any atom is 0.0659 e. The number of hydrogen-bond donors (Lipinski definition) is 0. The van der Waals surface area contributed by atoms with Gasteiger partial charge in [-0.1, -0.05) is 30.3 Å². The molecule has 2 aliphatic rings. The van der Waals surface area contributed by atoms with Gasteiger partial charge in [-0.3, -0.25) is 9.58 Å². The predicted octanol–water partition coefficient (Wildman–Crippen LogP) is 3.48. The molecule has 1 heterocycles. The van der Waals surface area contributed by atoms with Gasteiger partial charge in [-0.05, 0) is 64.2 Å². The lowest BCUT2D eigenvalue weighted by Crippen LogP contribution is -2.31. The van der Waals surface area contributed by atoms with E-state index in [-0.39, 0.29) is 0 Å². The molecule has 140 valence electrons. The molecule has 2 unspecified atom stereocenters. The third-order valence-corrected chi connectivity index (χ3v) is 6.63. The van der Waals surface area contributed by atoms with Crippen molar-refractivity contribution in [1.29, 1.82) is 0 Å². The van der Waals surface area contributed by atoms with Crippen molar-refractivity contribution in [2.75, 3.05) is 21.1 Å². The van der Waals surface area contributed by atoms with Crippen LogP contribution in [0.15, 0.2) is 42.7 Å². The molecule has 2 fully saturated rings. The quantitative estimate of drug-likeness (QED) is 0.795. The van der Waals surface area contributed by atoms with Gasteiger partial charge in [0.25, 0.3) is 0 Å². The van der Waals surface area contributed by atoms with Crippen molar-refractivity contribution in [3.63, 3.8) is 0 Å². The van der Waals surface area contributed by atoms with Crippen LogP contribution in [0.1, 0.15) is 36.8 Å². The SMILES string of the molecule is CN(C)C1C[C@@H]2CC(N(C)Cc3cnn(Cc4ccccc4)c3)C[C@@H]2C1. The van der Waals surface area contributed by atoms with E-state index in [4.69, 9.17) is 0 Å². The molecule has 4 rings (SSSR count). The summed E-state index contributed by atoms with van der Waals surface area (Å²) < 4.78 is 2.06. The van der Waals surface area contributed by atoms with Crippen LogP contribution in [0.25, 0.3) is 0 Å². The Morgan fingerprint density at radius 2 is 1.58 bits per heavy atom. The van der Waals surface area contributed by atoms with Crippen molar-refractivity contribution in [3.05, 3.63) is 53.9 Å². The van der Waals surface area contributed by atoms with E-state index in [9.17, 15) is 0 Å². The van der Waals surface area contributed by atoms with Gasteiger partial charge in [0.2, 0.25) is 0 Å². The Morgan fingerprint density at radius 1 is 0.923 bits per heavy atom. The Bertz CT molecular complexity index is 694. The predicted molar refractivity (Wildman–Crippen MR) is 106 cm³/mol. The monoisotopic (exact) mass is 352 g/mol. The lowest BCUT2D eigenvalue weighted by Gasteiger charge is -2.26. The minimum absolute atomic E-state index is 0.741. The zero-order valence-corrected chi connectivity index (χ0v) is 16.4. The molecule has 4 atom stereocenters. The van der Waals surface area contributed by atoms with Crippen LogP contribution in [0.3, 0.4) is 0 Å². The average Bonchev–Trinajstić information content (AvgIpc) is 3.30. The highest BCUT2D eigenvalue weighted by Gasteiger charge is 2.43. The summed E-state index contributed by atoms with van der Waals surface area (Å²) in [5, 5.41) is 4.56. The van der Waals surface area contributed by atoms with Crippen molar-refractivity contribution >= 4 is 0 Å². The van der Waals surface area contributed by atoms with Gasteiger partial charge < -0.3 is 4.90 Å². The molecule has 0 radical (unpaired) electrons. The number of aromatic nitrogens is 2. The molecule has 4 nitrogen and oxygen atoms in total. The normalized spacial score (nSPS) is 28.2. The van der Waals surface area contributed by atoms with E-state index >= 15 is 0 Å². The van der Waals surface area contributed by atoms with Crippen molar-refractivity contribution < 1.29 is 0 Å². The Kier molecular flexibility index (Phi) is 5.14. The first-order chi connectivity index (χ1) is 12.6. The number of nitrogens with zero attached hydrogens (tertiary/aromatic N) is 4. The molecule has 2 aromatic rings. The van der Waals surface area contributed by atoms with Gasteiger partial charge in [-0.25, -0.2) is 0 Å². The maximum absolute atomic E-state index is 4.56. The molecule has 0 saturated heterocycles. The highest BCUT2D eigenvalue weighted by atomic mass is 15.3. The molecule has 0 aliphatic heterocycles. The van der Waals surface area contributed by atoms with Crippen LogP contribution in [0.4, 0.5) is 0 Å². The number of benzene rings is 1. The molecule has 2 aliphatic carbocycles. The molecule has 0 bridgehead atoms. The largest absolute Gasteiger partial charge is 0.306 e. The second kappa shape index (κ2) is 7.53. The van der Waals surface area contributed by atoms with E-state index in [0.717, 1.165) is 37.0 Å². The van der Waals surface area contributed by atoms with E-state index in [0.29, 0.717) is 0 Å². The summed E-state index contributed by atoms with van der Waals surface area (Å²) >= 11 is 0. The molecular weight excluding hydrogens is 320 g/mol. The highest BCUT2D eigenvalue weighted by molar-refractivity contribution is 5.15. The van der Waals surface area contributed by atoms with E-state index in [1.54, 1.807) is 0 Å².